The van der Waals surface area contributed by atoms with Gasteiger partial charge in [0.15, 0.2) is 11.6 Å². The minimum absolute atomic E-state index is 0.0558. The van der Waals surface area contributed by atoms with Crippen LogP contribution in [0.1, 0.15) is 12.8 Å². The monoisotopic (exact) mass is 385 g/mol. The smallest absolute Gasteiger partial charge is 0.317 e. The largest absolute Gasteiger partial charge is 0.381 e. The summed E-state index contributed by atoms with van der Waals surface area (Å²) < 4.78 is 20.4. The Morgan fingerprint density at radius 3 is 2.50 bits per heavy atom. The topological polar surface area (TPSA) is 70.6 Å². The van der Waals surface area contributed by atoms with Gasteiger partial charge in [-0.2, -0.15) is 0 Å². The fourth-order valence-electron chi connectivity index (χ4n) is 3.61. The molecule has 0 unspecified atom stereocenters. The van der Waals surface area contributed by atoms with Crippen LogP contribution in [0.5, 0.6) is 0 Å². The predicted molar refractivity (Wildman–Crippen MR) is 104 cm³/mol. The van der Waals surface area contributed by atoms with Gasteiger partial charge in [-0.25, -0.2) is 19.2 Å². The van der Waals surface area contributed by atoms with Gasteiger partial charge < -0.3 is 19.9 Å². The van der Waals surface area contributed by atoms with Crippen LogP contribution in [0, 0.1) is 5.82 Å². The Hall–Kier alpha value is -2.74. The predicted octanol–water partition coefficient (Wildman–Crippen LogP) is 2.29. The van der Waals surface area contributed by atoms with Crippen LogP contribution in [0.25, 0.3) is 11.3 Å². The van der Waals surface area contributed by atoms with E-state index in [9.17, 15) is 4.79 Å². The molecule has 0 spiro atoms. The van der Waals surface area contributed by atoms with Crippen LogP contribution in [0.4, 0.5) is 15.0 Å². The van der Waals surface area contributed by atoms with E-state index in [1.165, 1.54) is 6.33 Å². The van der Waals surface area contributed by atoms with Crippen LogP contribution >= 0.6 is 0 Å². The lowest BCUT2D eigenvalue weighted by Crippen LogP contribution is -2.54. The van der Waals surface area contributed by atoms with Gasteiger partial charge in [0.2, 0.25) is 0 Å². The molecule has 0 saturated carbocycles. The zero-order chi connectivity index (χ0) is 19.3. The van der Waals surface area contributed by atoms with Crippen molar-refractivity contribution >= 4 is 11.8 Å². The average Bonchev–Trinajstić information content (AvgIpc) is 2.75. The fourth-order valence-corrected chi connectivity index (χ4v) is 3.61. The molecule has 28 heavy (non-hydrogen) atoms. The maximum absolute atomic E-state index is 15.0. The summed E-state index contributed by atoms with van der Waals surface area (Å²) in [5.41, 5.74) is 1.02. The third kappa shape index (κ3) is 4.06. The molecule has 148 valence electrons. The number of hydrogen-bond acceptors (Lipinski definition) is 5. The Morgan fingerprint density at radius 1 is 1.07 bits per heavy atom. The Morgan fingerprint density at radius 2 is 1.79 bits per heavy atom. The number of nitrogens with zero attached hydrogens (tertiary/aromatic N) is 4. The van der Waals surface area contributed by atoms with Crippen molar-refractivity contribution in [2.75, 3.05) is 44.3 Å². The molecule has 0 aliphatic carbocycles. The second kappa shape index (κ2) is 8.52. The third-order valence-electron chi connectivity index (χ3n) is 5.23. The Balaban J connectivity index is 1.39. The Labute approximate surface area is 163 Å². The average molecular weight is 385 g/mol. The lowest BCUT2D eigenvalue weighted by molar-refractivity contribution is 0.0779. The summed E-state index contributed by atoms with van der Waals surface area (Å²) in [6.45, 7) is 3.50. The summed E-state index contributed by atoms with van der Waals surface area (Å²) in [5, 5.41) is 3.07. The van der Waals surface area contributed by atoms with Gasteiger partial charge in [0.05, 0.1) is 0 Å². The fraction of sp³-hybridized carbons (Fsp3) is 0.450. The van der Waals surface area contributed by atoms with E-state index >= 15 is 4.39 Å². The maximum Gasteiger partial charge on any atom is 0.317 e. The van der Waals surface area contributed by atoms with Crippen molar-refractivity contribution in [1.29, 1.82) is 0 Å². The number of rotatable bonds is 3. The van der Waals surface area contributed by atoms with E-state index in [4.69, 9.17) is 4.74 Å². The number of piperazine rings is 1. The normalized spacial score (nSPS) is 18.2. The number of aromatic nitrogens is 2. The van der Waals surface area contributed by atoms with Gasteiger partial charge in [-0.3, -0.25) is 0 Å². The summed E-state index contributed by atoms with van der Waals surface area (Å²) in [6, 6.07) is 9.36. The molecule has 0 atom stereocenters. The molecule has 7 nitrogen and oxygen atoms in total. The molecule has 2 aliphatic heterocycles. The van der Waals surface area contributed by atoms with Gasteiger partial charge in [-0.15, -0.1) is 0 Å². The number of benzene rings is 1. The Kier molecular flexibility index (Phi) is 5.66. The second-order valence-electron chi connectivity index (χ2n) is 7.04. The summed E-state index contributed by atoms with van der Waals surface area (Å²) >= 11 is 0. The van der Waals surface area contributed by atoms with Crippen LogP contribution < -0.4 is 10.2 Å². The van der Waals surface area contributed by atoms with E-state index in [-0.39, 0.29) is 12.1 Å². The standard InChI is InChI=1S/C20H24FN5O2/c21-17-18(15-4-2-1-3-5-15)22-14-23-19(17)25-8-10-26(11-9-25)20(27)24-16-6-12-28-13-7-16/h1-5,14,16H,6-13H2,(H,24,27). The third-order valence-corrected chi connectivity index (χ3v) is 5.23. The highest BCUT2D eigenvalue weighted by Gasteiger charge is 2.26. The molecule has 1 aromatic carbocycles. The van der Waals surface area contributed by atoms with E-state index in [1.54, 1.807) is 4.90 Å². The highest BCUT2D eigenvalue weighted by Crippen LogP contribution is 2.26. The molecule has 2 aliphatic rings. The zero-order valence-electron chi connectivity index (χ0n) is 15.7. The van der Waals surface area contributed by atoms with E-state index < -0.39 is 5.82 Å². The summed E-state index contributed by atoms with van der Waals surface area (Å²) in [7, 11) is 0. The molecule has 0 bridgehead atoms. The van der Waals surface area contributed by atoms with Crippen LogP contribution in [-0.4, -0.2) is 66.3 Å². The number of carbonyl (C=O) groups is 1. The Bertz CT molecular complexity index is 805. The van der Waals surface area contributed by atoms with Crippen LogP contribution in [0.15, 0.2) is 36.7 Å². The maximum atomic E-state index is 15.0. The molecule has 0 radical (unpaired) electrons. The van der Waals surface area contributed by atoms with Crippen molar-refractivity contribution in [3.63, 3.8) is 0 Å². The van der Waals surface area contributed by atoms with Crippen molar-refractivity contribution in [3.05, 3.63) is 42.5 Å². The van der Waals surface area contributed by atoms with Crippen molar-refractivity contribution in [2.45, 2.75) is 18.9 Å². The number of halogens is 1. The first-order valence-corrected chi connectivity index (χ1v) is 9.66. The van der Waals surface area contributed by atoms with Crippen LogP contribution in [-0.2, 0) is 4.74 Å². The van der Waals surface area contributed by atoms with Gasteiger partial charge in [-0.1, -0.05) is 30.3 Å². The number of ether oxygens (including phenoxy) is 1. The van der Waals surface area contributed by atoms with E-state index in [0.29, 0.717) is 50.9 Å². The molecular formula is C20H24FN5O2. The van der Waals surface area contributed by atoms with Gasteiger partial charge in [0, 0.05) is 51.0 Å². The van der Waals surface area contributed by atoms with Crippen LogP contribution in [0.2, 0.25) is 0 Å². The summed E-state index contributed by atoms with van der Waals surface area (Å²) in [5.74, 6) is -0.132. The van der Waals surface area contributed by atoms with E-state index in [2.05, 4.69) is 15.3 Å². The molecule has 3 heterocycles. The molecule has 2 fully saturated rings. The van der Waals surface area contributed by atoms with Crippen molar-refractivity contribution in [1.82, 2.24) is 20.2 Å². The SMILES string of the molecule is O=C(NC1CCOCC1)N1CCN(c2ncnc(-c3ccccc3)c2F)CC1. The first-order valence-electron chi connectivity index (χ1n) is 9.66. The highest BCUT2D eigenvalue weighted by atomic mass is 19.1. The molecule has 2 aromatic rings. The highest BCUT2D eigenvalue weighted by molar-refractivity contribution is 5.75. The number of hydrogen-bond donors (Lipinski definition) is 1. The number of carbonyl (C=O) groups excluding carboxylic acids is 1. The molecule has 1 aromatic heterocycles. The second-order valence-corrected chi connectivity index (χ2v) is 7.04. The van der Waals surface area contributed by atoms with Gasteiger partial charge in [-0.05, 0) is 12.8 Å². The molecule has 8 heteroatoms. The van der Waals surface area contributed by atoms with Crippen molar-refractivity contribution in [3.8, 4) is 11.3 Å². The van der Waals surface area contributed by atoms with Crippen molar-refractivity contribution < 1.29 is 13.9 Å². The molecule has 2 saturated heterocycles. The molecular weight excluding hydrogens is 361 g/mol. The van der Waals surface area contributed by atoms with Crippen LogP contribution in [0.3, 0.4) is 0 Å². The van der Waals surface area contributed by atoms with E-state index in [0.717, 1.165) is 18.4 Å². The minimum atomic E-state index is -0.422. The van der Waals surface area contributed by atoms with Gasteiger partial charge in [0.1, 0.15) is 12.0 Å². The number of anilines is 1. The lowest BCUT2D eigenvalue weighted by atomic mass is 10.1. The van der Waals surface area contributed by atoms with Gasteiger partial charge >= 0.3 is 6.03 Å². The number of nitrogens with one attached hydrogen (secondary N) is 1. The lowest BCUT2D eigenvalue weighted by Gasteiger charge is -2.36. The minimum Gasteiger partial charge on any atom is -0.381 e. The molecule has 1 N–H and O–H groups in total. The van der Waals surface area contributed by atoms with Crippen molar-refractivity contribution in [2.24, 2.45) is 0 Å². The number of amides is 2. The van der Waals surface area contributed by atoms with Gasteiger partial charge in [0.25, 0.3) is 0 Å². The quantitative estimate of drug-likeness (QED) is 0.878. The first kappa shape index (κ1) is 18.6. The van der Waals surface area contributed by atoms with E-state index in [1.807, 2.05) is 35.2 Å². The molecule has 2 amide bonds. The first-order chi connectivity index (χ1) is 13.7. The molecule has 4 rings (SSSR count). The summed E-state index contributed by atoms with van der Waals surface area (Å²) in [6.07, 6.45) is 3.09. The number of urea groups is 1. The zero-order valence-corrected chi connectivity index (χ0v) is 15.7. The summed E-state index contributed by atoms with van der Waals surface area (Å²) in [4.78, 5) is 24.4.